The number of aromatic amines is 1. The van der Waals surface area contributed by atoms with Crippen molar-refractivity contribution in [3.8, 4) is 5.75 Å². The number of aromatic nitrogens is 2. The third-order valence-electron chi connectivity index (χ3n) is 4.38. The molecule has 0 spiro atoms. The van der Waals surface area contributed by atoms with Gasteiger partial charge in [-0.3, -0.25) is 9.69 Å². The summed E-state index contributed by atoms with van der Waals surface area (Å²) in [7, 11) is 1.62. The first-order chi connectivity index (χ1) is 11.2. The molecular formula is C18H23N3O2. The summed E-state index contributed by atoms with van der Waals surface area (Å²) < 4.78 is 5.22. The molecule has 5 nitrogen and oxygen atoms in total. The Bertz CT molecular complexity index is 680. The Labute approximate surface area is 136 Å². The van der Waals surface area contributed by atoms with Crippen LogP contribution in [0.2, 0.25) is 0 Å². The van der Waals surface area contributed by atoms with E-state index in [1.54, 1.807) is 7.11 Å². The number of H-pyrrole nitrogens is 1. The summed E-state index contributed by atoms with van der Waals surface area (Å²) in [5.41, 5.74) is 1.85. The fourth-order valence-electron chi connectivity index (χ4n) is 3.22. The van der Waals surface area contributed by atoms with Crippen LogP contribution < -0.4 is 4.74 Å². The molecule has 1 fully saturated rings. The SMILES string of the molecule is COc1cccc(C(=O)[C@H]2CCCN(Cc3cnc(C)[nH]3)C2)c1. The van der Waals surface area contributed by atoms with E-state index in [0.29, 0.717) is 0 Å². The molecule has 0 unspecified atom stereocenters. The Hall–Kier alpha value is -2.14. The molecule has 1 N–H and O–H groups in total. The number of hydrogen-bond acceptors (Lipinski definition) is 4. The number of carbonyl (C=O) groups excluding carboxylic acids is 1. The van der Waals surface area contributed by atoms with Crippen LogP contribution in [-0.2, 0) is 6.54 Å². The molecule has 1 aromatic carbocycles. The maximum atomic E-state index is 12.8. The molecule has 5 heteroatoms. The minimum Gasteiger partial charge on any atom is -0.497 e. The number of carbonyl (C=O) groups is 1. The molecule has 1 aliphatic heterocycles. The molecule has 0 bridgehead atoms. The van der Waals surface area contributed by atoms with E-state index >= 15 is 0 Å². The van der Waals surface area contributed by atoms with Gasteiger partial charge in [-0.1, -0.05) is 12.1 Å². The number of benzene rings is 1. The summed E-state index contributed by atoms with van der Waals surface area (Å²) in [6, 6.07) is 7.45. The molecule has 122 valence electrons. The fraction of sp³-hybridized carbons (Fsp3) is 0.444. The summed E-state index contributed by atoms with van der Waals surface area (Å²) in [6.45, 7) is 4.60. The Morgan fingerprint density at radius 1 is 1.48 bits per heavy atom. The van der Waals surface area contributed by atoms with Gasteiger partial charge < -0.3 is 9.72 Å². The van der Waals surface area contributed by atoms with Crippen LogP contribution in [0.3, 0.4) is 0 Å². The van der Waals surface area contributed by atoms with Crippen LogP contribution >= 0.6 is 0 Å². The highest BCUT2D eigenvalue weighted by Crippen LogP contribution is 2.23. The average molecular weight is 313 g/mol. The minimum atomic E-state index is 0.0554. The largest absolute Gasteiger partial charge is 0.497 e. The predicted octanol–water partition coefficient (Wildman–Crippen LogP) is 2.82. The molecule has 2 aromatic rings. The van der Waals surface area contributed by atoms with E-state index < -0.39 is 0 Å². The molecular weight excluding hydrogens is 290 g/mol. The first-order valence-corrected chi connectivity index (χ1v) is 8.07. The summed E-state index contributed by atoms with van der Waals surface area (Å²) in [5, 5.41) is 0. The second-order valence-corrected chi connectivity index (χ2v) is 6.16. The van der Waals surface area contributed by atoms with E-state index in [4.69, 9.17) is 4.74 Å². The maximum absolute atomic E-state index is 12.8. The number of nitrogens with zero attached hydrogens (tertiary/aromatic N) is 2. The third kappa shape index (κ3) is 3.79. The molecule has 0 saturated carbocycles. The number of imidazole rings is 1. The van der Waals surface area contributed by atoms with Crippen molar-refractivity contribution in [2.75, 3.05) is 20.2 Å². The van der Waals surface area contributed by atoms with Gasteiger partial charge in [-0.25, -0.2) is 4.98 Å². The Balaban J connectivity index is 1.66. The van der Waals surface area contributed by atoms with E-state index in [-0.39, 0.29) is 11.7 Å². The van der Waals surface area contributed by atoms with Crippen LogP contribution in [0.4, 0.5) is 0 Å². The van der Waals surface area contributed by atoms with Gasteiger partial charge in [0, 0.05) is 36.5 Å². The molecule has 1 atom stereocenters. The summed E-state index contributed by atoms with van der Waals surface area (Å²) >= 11 is 0. The summed E-state index contributed by atoms with van der Waals surface area (Å²) in [4.78, 5) is 22.6. The first kappa shape index (κ1) is 15.7. The van der Waals surface area contributed by atoms with E-state index in [2.05, 4.69) is 14.9 Å². The third-order valence-corrected chi connectivity index (χ3v) is 4.38. The normalized spacial score (nSPS) is 18.8. The molecule has 1 saturated heterocycles. The van der Waals surface area contributed by atoms with Crippen molar-refractivity contribution < 1.29 is 9.53 Å². The summed E-state index contributed by atoms with van der Waals surface area (Å²) in [5.74, 6) is 1.94. The zero-order chi connectivity index (χ0) is 16.2. The van der Waals surface area contributed by atoms with Crippen molar-refractivity contribution in [2.24, 2.45) is 5.92 Å². The number of ether oxygens (including phenoxy) is 1. The van der Waals surface area contributed by atoms with Gasteiger partial charge in [-0.2, -0.15) is 0 Å². The van der Waals surface area contributed by atoms with Gasteiger partial charge in [0.1, 0.15) is 11.6 Å². The molecule has 0 aliphatic carbocycles. The lowest BCUT2D eigenvalue weighted by atomic mass is 9.90. The van der Waals surface area contributed by atoms with Crippen molar-refractivity contribution >= 4 is 5.78 Å². The molecule has 0 radical (unpaired) electrons. The number of piperidine rings is 1. The molecule has 23 heavy (non-hydrogen) atoms. The smallest absolute Gasteiger partial charge is 0.167 e. The predicted molar refractivity (Wildman–Crippen MR) is 88.7 cm³/mol. The van der Waals surface area contributed by atoms with Crippen LogP contribution in [0.15, 0.2) is 30.5 Å². The van der Waals surface area contributed by atoms with Crippen LogP contribution in [0.1, 0.15) is 34.7 Å². The van der Waals surface area contributed by atoms with Crippen molar-refractivity contribution in [1.82, 2.24) is 14.9 Å². The van der Waals surface area contributed by atoms with Gasteiger partial charge in [0.2, 0.25) is 0 Å². The second-order valence-electron chi connectivity index (χ2n) is 6.16. The lowest BCUT2D eigenvalue weighted by Crippen LogP contribution is -2.38. The van der Waals surface area contributed by atoms with Gasteiger partial charge >= 0.3 is 0 Å². The minimum absolute atomic E-state index is 0.0554. The van der Waals surface area contributed by atoms with Crippen LogP contribution in [-0.4, -0.2) is 40.9 Å². The Morgan fingerprint density at radius 2 is 2.35 bits per heavy atom. The summed E-state index contributed by atoms with van der Waals surface area (Å²) in [6.07, 6.45) is 3.88. The van der Waals surface area contributed by atoms with Gasteiger partial charge in [0.05, 0.1) is 7.11 Å². The van der Waals surface area contributed by atoms with Gasteiger partial charge in [0.15, 0.2) is 5.78 Å². The number of aryl methyl sites for hydroxylation is 1. The van der Waals surface area contributed by atoms with Gasteiger partial charge in [-0.15, -0.1) is 0 Å². The van der Waals surface area contributed by atoms with E-state index in [1.165, 1.54) is 0 Å². The Kier molecular flexibility index (Phi) is 4.76. The number of likely N-dealkylation sites (tertiary alicyclic amines) is 1. The first-order valence-electron chi connectivity index (χ1n) is 8.07. The van der Waals surface area contributed by atoms with Crippen molar-refractivity contribution in [3.05, 3.63) is 47.5 Å². The highest BCUT2D eigenvalue weighted by atomic mass is 16.5. The maximum Gasteiger partial charge on any atom is 0.167 e. The van der Waals surface area contributed by atoms with Crippen molar-refractivity contribution in [1.29, 1.82) is 0 Å². The van der Waals surface area contributed by atoms with Crippen molar-refractivity contribution in [3.63, 3.8) is 0 Å². The number of rotatable bonds is 5. The topological polar surface area (TPSA) is 58.2 Å². The number of methoxy groups -OCH3 is 1. The number of ketones is 1. The average Bonchev–Trinajstić information content (AvgIpc) is 2.99. The second kappa shape index (κ2) is 6.96. The standard InChI is InChI=1S/C18H23N3O2/c1-13-19-10-16(20-13)12-21-8-4-6-15(11-21)18(22)14-5-3-7-17(9-14)23-2/h3,5,7,9-10,15H,4,6,8,11-12H2,1-2H3,(H,19,20)/t15-/m0/s1. The molecule has 1 aliphatic rings. The molecule has 0 amide bonds. The number of Topliss-reactive ketones (excluding diaryl/α,β-unsaturated/α-hetero) is 1. The fourth-order valence-corrected chi connectivity index (χ4v) is 3.22. The monoisotopic (exact) mass is 313 g/mol. The van der Waals surface area contributed by atoms with E-state index in [0.717, 1.165) is 55.3 Å². The van der Waals surface area contributed by atoms with Crippen LogP contribution in [0.5, 0.6) is 5.75 Å². The molecule has 2 heterocycles. The van der Waals surface area contributed by atoms with Gasteiger partial charge in [0.25, 0.3) is 0 Å². The van der Waals surface area contributed by atoms with Crippen LogP contribution in [0, 0.1) is 12.8 Å². The molecule has 1 aromatic heterocycles. The quantitative estimate of drug-likeness (QED) is 0.862. The van der Waals surface area contributed by atoms with E-state index in [1.807, 2.05) is 37.4 Å². The van der Waals surface area contributed by atoms with Crippen LogP contribution in [0.25, 0.3) is 0 Å². The van der Waals surface area contributed by atoms with Crippen molar-refractivity contribution in [2.45, 2.75) is 26.3 Å². The van der Waals surface area contributed by atoms with Gasteiger partial charge in [-0.05, 0) is 38.4 Å². The lowest BCUT2D eigenvalue weighted by molar-refractivity contribution is 0.0810. The molecule has 3 rings (SSSR count). The Morgan fingerprint density at radius 3 is 3.09 bits per heavy atom. The highest BCUT2D eigenvalue weighted by Gasteiger charge is 2.27. The number of hydrogen-bond donors (Lipinski definition) is 1. The lowest BCUT2D eigenvalue weighted by Gasteiger charge is -2.31. The zero-order valence-electron chi connectivity index (χ0n) is 13.7. The van der Waals surface area contributed by atoms with E-state index in [9.17, 15) is 4.79 Å². The number of nitrogens with one attached hydrogen (secondary N) is 1. The highest BCUT2D eigenvalue weighted by molar-refractivity contribution is 5.98. The zero-order valence-corrected chi connectivity index (χ0v) is 13.7.